The van der Waals surface area contributed by atoms with Gasteiger partial charge in [-0.3, -0.25) is 19.7 Å². The van der Waals surface area contributed by atoms with Crippen molar-refractivity contribution in [3.63, 3.8) is 0 Å². The quantitative estimate of drug-likeness (QED) is 0.0673. The first kappa shape index (κ1) is 87.3. The summed E-state index contributed by atoms with van der Waals surface area (Å²) in [5.74, 6) is 2.00. The van der Waals surface area contributed by atoms with Crippen molar-refractivity contribution in [1.82, 2.24) is 50.1 Å². The second-order valence-electron chi connectivity index (χ2n) is 26.9. The van der Waals surface area contributed by atoms with Crippen LogP contribution in [0, 0.1) is 23.7 Å². The van der Waals surface area contributed by atoms with Gasteiger partial charge in [-0.1, -0.05) is 283 Å². The lowest BCUT2D eigenvalue weighted by molar-refractivity contribution is 0.0221. The van der Waals surface area contributed by atoms with Gasteiger partial charge in [-0.05, 0) is 114 Å². The summed E-state index contributed by atoms with van der Waals surface area (Å²) in [5, 5.41) is 19.5. The Labute approximate surface area is 715 Å². The van der Waals surface area contributed by atoms with Crippen molar-refractivity contribution in [1.29, 1.82) is 5.26 Å². The maximum atomic E-state index is 12.5. The molecule has 8 heterocycles. The van der Waals surface area contributed by atoms with Gasteiger partial charge in [0, 0.05) is 128 Å². The Morgan fingerprint density at radius 1 is 0.398 bits per heavy atom. The standard InChI is InChI=1S/C26H18N4.C25H19NO.C13H9N3.C12H8N2.C9H8F2O.C9H7NO.C9H5N.3CH4/c1-3-8-19(9-4-1)25-27-16-14-23(29-25)21-12-7-13-22(18-21)24-15-17-28-26(30-24)20-10-5-2-6-11-20;1-3-10-21(11-4-1)26(22-12-5-2-6-13-22)23-16-15-20-17-19-9-7-8-14-24(19)27-25(20)18-23;1-2-4-10(5-3-1)11-6-12-8-15-16-9-13(12)14-7-11;1-3-9-5-6-10-4-2-8-14-12(10)11(9)13-7-1;1-9(10,11)8(12)7-5-3-2-4-6-7;1-2-4-8(5-3-1)9-10-6-7-11-9;1-2-8-5-3-4-6-9(8)7-10;;;/h1-18H;1-16,18H,17H2;1-9H;1-8H;2-6H,1H3;1-7H;1,3-6H;3*1H4. The molecule has 17 heteroatoms. The van der Waals surface area contributed by atoms with Crippen molar-refractivity contribution in [3.05, 3.63) is 442 Å². The van der Waals surface area contributed by atoms with Gasteiger partial charge in [0.15, 0.2) is 11.6 Å². The van der Waals surface area contributed by atoms with E-state index in [-0.39, 0.29) is 27.8 Å². The van der Waals surface area contributed by atoms with Gasteiger partial charge in [0.2, 0.25) is 11.7 Å². The number of benzene rings is 12. The average Bonchev–Trinajstić information content (AvgIpc) is 1.64. The predicted molar refractivity (Wildman–Crippen MR) is 492 cm³/mol. The molecule has 0 radical (unpaired) electrons. The third-order valence-corrected chi connectivity index (χ3v) is 18.7. The Balaban J connectivity index is 0.000000145. The smallest absolute Gasteiger partial charge is 0.307 e. The molecule has 123 heavy (non-hydrogen) atoms. The number of nitrogens with zero attached hydrogens (tertiary/aromatic N) is 12. The summed E-state index contributed by atoms with van der Waals surface area (Å²) in [6.45, 7) is 0.600. The number of fused-ring (bicyclic) bond motifs is 6. The number of Topliss-reactive ketones (excluding diaryl/α,β-unsaturated/α-hetero) is 1. The van der Waals surface area contributed by atoms with E-state index in [4.69, 9.17) is 30.8 Å². The Bertz CT molecular complexity index is 6420. The lowest BCUT2D eigenvalue weighted by Crippen LogP contribution is -2.24. The molecule has 0 bridgehead atoms. The monoisotopic (exact) mass is 1610 g/mol. The van der Waals surface area contributed by atoms with E-state index < -0.39 is 11.7 Å². The molecule has 12 aromatic carbocycles. The Kier molecular flexibility index (Phi) is 31.0. The minimum absolute atomic E-state index is 0. The van der Waals surface area contributed by atoms with Crippen LogP contribution in [-0.2, 0) is 6.42 Å². The van der Waals surface area contributed by atoms with Gasteiger partial charge in [-0.15, -0.1) is 6.42 Å². The highest BCUT2D eigenvalue weighted by atomic mass is 19.3. The van der Waals surface area contributed by atoms with E-state index in [9.17, 15) is 13.6 Å². The molecule has 19 aromatic rings. The second-order valence-corrected chi connectivity index (χ2v) is 26.9. The lowest BCUT2D eigenvalue weighted by atomic mass is 10.00. The molecule has 0 unspecified atom stereocenters. The number of halogens is 2. The molecule has 15 nitrogen and oxygen atoms in total. The number of rotatable bonds is 11. The molecule has 602 valence electrons. The highest BCUT2D eigenvalue weighted by molar-refractivity contribution is 6.02. The molecule has 0 spiro atoms. The predicted octanol–water partition coefficient (Wildman–Crippen LogP) is 26.6. The van der Waals surface area contributed by atoms with Crippen LogP contribution in [0.3, 0.4) is 0 Å². The summed E-state index contributed by atoms with van der Waals surface area (Å²) < 4.78 is 36.2. The molecule has 7 aromatic heterocycles. The zero-order valence-electron chi connectivity index (χ0n) is 64.9. The Hall–Kier alpha value is -16.5. The highest BCUT2D eigenvalue weighted by Gasteiger charge is 2.33. The number of carbonyl (C=O) groups is 1. The van der Waals surface area contributed by atoms with Gasteiger partial charge in [-0.2, -0.15) is 24.2 Å². The fourth-order valence-electron chi connectivity index (χ4n) is 12.8. The van der Waals surface area contributed by atoms with E-state index in [1.165, 1.54) is 23.3 Å². The minimum Gasteiger partial charge on any atom is -0.457 e. The SMILES string of the molecule is C.C.C.C#Cc1ccccc1C#N.CC(F)(F)C(=O)c1ccccc1.c1ccc(-c2cnc3cnncc3c2)cc1.c1ccc(-c2nccc(-c3cccc(-c4ccnc(-c5ccccc5)n4)c3)n2)cc1.c1ccc(-c2ncco2)cc1.c1ccc(N(c2ccccc2)c2ccc3c(c2)Oc2ccccc2C3)cc1.c1cnc2c(c1)ccc1cccnc12. The summed E-state index contributed by atoms with van der Waals surface area (Å²) in [6, 6.07) is 119. The van der Waals surface area contributed by atoms with Gasteiger partial charge in [0.25, 0.3) is 0 Å². The number of nitriles is 1. The fraction of sp³-hybridized carbons (Fsp3) is 0.0566. The number of ether oxygens (including phenoxy) is 1. The number of hydrogen-bond acceptors (Lipinski definition) is 15. The van der Waals surface area contributed by atoms with Crippen molar-refractivity contribution < 1.29 is 22.7 Å². The molecular formula is C106H86F2N12O3. The number of ketones is 1. The maximum absolute atomic E-state index is 12.5. The summed E-state index contributed by atoms with van der Waals surface area (Å²) in [6.07, 6.45) is 21.7. The summed E-state index contributed by atoms with van der Waals surface area (Å²) >= 11 is 0. The topological polar surface area (TPSA) is 195 Å². The van der Waals surface area contributed by atoms with Crippen molar-refractivity contribution in [2.24, 2.45) is 0 Å². The number of aromatic nitrogens is 10. The normalized spacial score (nSPS) is 10.4. The van der Waals surface area contributed by atoms with Crippen LogP contribution >= 0.6 is 0 Å². The van der Waals surface area contributed by atoms with Crippen LogP contribution in [0.4, 0.5) is 25.8 Å². The molecule has 0 fully saturated rings. The summed E-state index contributed by atoms with van der Waals surface area (Å²) in [7, 11) is 0. The summed E-state index contributed by atoms with van der Waals surface area (Å²) in [5.41, 5.74) is 18.9. The number of carbonyl (C=O) groups excluding carboxylic acids is 1. The Morgan fingerprint density at radius 2 is 0.878 bits per heavy atom. The first-order valence-corrected chi connectivity index (χ1v) is 38.3. The van der Waals surface area contributed by atoms with Crippen molar-refractivity contribution in [2.45, 2.75) is 41.5 Å². The molecule has 0 saturated heterocycles. The van der Waals surface area contributed by atoms with Crippen LogP contribution in [0.25, 0.3) is 101 Å². The van der Waals surface area contributed by atoms with E-state index in [0.29, 0.717) is 35.6 Å². The van der Waals surface area contributed by atoms with Gasteiger partial charge >= 0.3 is 5.92 Å². The van der Waals surface area contributed by atoms with Gasteiger partial charge in [-0.25, -0.2) is 24.9 Å². The molecule has 0 amide bonds. The third-order valence-electron chi connectivity index (χ3n) is 18.7. The van der Waals surface area contributed by atoms with Crippen LogP contribution in [0.5, 0.6) is 11.5 Å². The number of para-hydroxylation sites is 3. The van der Waals surface area contributed by atoms with E-state index >= 15 is 0 Å². The van der Waals surface area contributed by atoms with Crippen LogP contribution < -0.4 is 9.64 Å². The molecule has 0 aliphatic carbocycles. The minimum atomic E-state index is -3.28. The largest absolute Gasteiger partial charge is 0.457 e. The highest BCUT2D eigenvalue weighted by Crippen LogP contribution is 2.42. The number of oxazole rings is 1. The van der Waals surface area contributed by atoms with Crippen LogP contribution in [0.15, 0.2) is 418 Å². The second kappa shape index (κ2) is 43.6. The zero-order valence-corrected chi connectivity index (χ0v) is 64.9. The molecule has 0 atom stereocenters. The molecule has 0 saturated carbocycles. The van der Waals surface area contributed by atoms with Crippen molar-refractivity contribution in [2.75, 3.05) is 4.90 Å². The van der Waals surface area contributed by atoms with Gasteiger partial charge in [0.1, 0.15) is 23.8 Å². The number of terminal acetylenes is 1. The first-order valence-electron chi connectivity index (χ1n) is 38.3. The fourth-order valence-corrected chi connectivity index (χ4v) is 12.8. The number of pyridine rings is 3. The van der Waals surface area contributed by atoms with Crippen LogP contribution in [0.2, 0.25) is 0 Å². The number of hydrogen-bond donors (Lipinski definition) is 0. The van der Waals surface area contributed by atoms with Crippen LogP contribution in [-0.4, -0.2) is 61.8 Å². The molecule has 1 aliphatic heterocycles. The molecule has 1 aliphatic rings. The average molecular weight is 1610 g/mol. The molecule has 0 N–H and O–H groups in total. The third kappa shape index (κ3) is 23.2. The number of alkyl halides is 2. The molecular weight excluding hydrogens is 1530 g/mol. The van der Waals surface area contributed by atoms with E-state index in [1.54, 1.807) is 86.0 Å². The zero-order chi connectivity index (χ0) is 82.5. The van der Waals surface area contributed by atoms with Crippen molar-refractivity contribution >= 4 is 55.6 Å². The van der Waals surface area contributed by atoms with Crippen LogP contribution in [0.1, 0.15) is 61.8 Å². The van der Waals surface area contributed by atoms with E-state index in [2.05, 4.69) is 190 Å². The van der Waals surface area contributed by atoms with E-state index in [1.807, 2.05) is 182 Å². The first-order chi connectivity index (χ1) is 59.0. The number of anilines is 3. The Morgan fingerprint density at radius 3 is 1.40 bits per heavy atom. The van der Waals surface area contributed by atoms with E-state index in [0.717, 1.165) is 118 Å². The van der Waals surface area contributed by atoms with Gasteiger partial charge in [0.05, 0.1) is 52.1 Å². The summed E-state index contributed by atoms with van der Waals surface area (Å²) in [4.78, 5) is 48.6. The van der Waals surface area contributed by atoms with Crippen molar-refractivity contribution in [3.8, 4) is 97.8 Å². The molecule has 20 rings (SSSR count). The lowest BCUT2D eigenvalue weighted by Gasteiger charge is -2.27. The van der Waals surface area contributed by atoms with Gasteiger partial charge < -0.3 is 14.1 Å². The maximum Gasteiger partial charge on any atom is 0.307 e.